The van der Waals surface area contributed by atoms with Crippen LogP contribution in [0, 0.1) is 13.8 Å². The lowest BCUT2D eigenvalue weighted by Gasteiger charge is -2.06. The number of rotatable bonds is 2. The molecule has 0 spiro atoms. The first kappa shape index (κ1) is 9.26. The van der Waals surface area contributed by atoms with E-state index in [-0.39, 0.29) is 6.04 Å². The van der Waals surface area contributed by atoms with Crippen LogP contribution in [0.5, 0.6) is 0 Å². The maximum absolute atomic E-state index is 5.73. The van der Waals surface area contributed by atoms with E-state index >= 15 is 0 Å². The lowest BCUT2D eigenvalue weighted by Crippen LogP contribution is -2.20. The second kappa shape index (κ2) is 3.27. The van der Waals surface area contributed by atoms with E-state index < -0.39 is 0 Å². The van der Waals surface area contributed by atoms with E-state index in [9.17, 15) is 0 Å². The average molecular weight is 167 g/mol. The van der Waals surface area contributed by atoms with Gasteiger partial charge in [0.15, 0.2) is 0 Å². The Bertz CT molecular complexity index is 274. The molecule has 1 atom stereocenters. The Balaban J connectivity index is 2.97. The van der Waals surface area contributed by atoms with Crippen LogP contribution in [0.2, 0.25) is 0 Å². The molecule has 2 N–H and O–H groups in total. The number of aryl methyl sites for hydroxylation is 2. The molecule has 0 bridgehead atoms. The van der Waals surface area contributed by atoms with Crippen molar-refractivity contribution in [2.45, 2.75) is 33.2 Å². The molecule has 0 aliphatic heterocycles. The molecule has 0 amide bonds. The van der Waals surface area contributed by atoms with Gasteiger partial charge < -0.3 is 5.73 Å². The fourth-order valence-corrected chi connectivity index (χ4v) is 1.40. The summed E-state index contributed by atoms with van der Waals surface area (Å²) in [4.78, 5) is 0. The number of aromatic nitrogens is 2. The lowest BCUT2D eigenvalue weighted by molar-refractivity contribution is 0.646. The summed E-state index contributed by atoms with van der Waals surface area (Å²) in [6.07, 6.45) is 0.906. The van der Waals surface area contributed by atoms with Gasteiger partial charge in [-0.15, -0.1) is 0 Å². The molecule has 1 aromatic heterocycles. The van der Waals surface area contributed by atoms with Crippen LogP contribution < -0.4 is 5.73 Å². The molecule has 0 aliphatic carbocycles. The second-order valence-corrected chi connectivity index (χ2v) is 3.46. The van der Waals surface area contributed by atoms with Crippen LogP contribution in [0.25, 0.3) is 0 Å². The molecular formula is C9H17N3. The third-order valence-electron chi connectivity index (χ3n) is 2.18. The van der Waals surface area contributed by atoms with Crippen molar-refractivity contribution in [2.75, 3.05) is 0 Å². The van der Waals surface area contributed by atoms with Gasteiger partial charge in [-0.2, -0.15) is 5.10 Å². The molecule has 1 rings (SSSR count). The molecule has 68 valence electrons. The fraction of sp³-hybridized carbons (Fsp3) is 0.667. The normalized spacial score (nSPS) is 13.4. The van der Waals surface area contributed by atoms with Gasteiger partial charge in [-0.05, 0) is 26.3 Å². The van der Waals surface area contributed by atoms with Crippen molar-refractivity contribution < 1.29 is 0 Å². The van der Waals surface area contributed by atoms with Crippen LogP contribution in [-0.4, -0.2) is 15.8 Å². The van der Waals surface area contributed by atoms with Crippen LogP contribution in [0.4, 0.5) is 0 Å². The van der Waals surface area contributed by atoms with Gasteiger partial charge >= 0.3 is 0 Å². The highest BCUT2D eigenvalue weighted by molar-refractivity contribution is 5.24. The Kier molecular flexibility index (Phi) is 2.52. The molecule has 0 saturated carbocycles. The summed E-state index contributed by atoms with van der Waals surface area (Å²) in [5, 5.41) is 4.32. The molecule has 0 fully saturated rings. The molecule has 0 aliphatic rings. The summed E-state index contributed by atoms with van der Waals surface area (Å²) in [6, 6.07) is 0.207. The van der Waals surface area contributed by atoms with Crippen LogP contribution in [0.15, 0.2) is 0 Å². The number of nitrogens with zero attached hydrogens (tertiary/aromatic N) is 2. The van der Waals surface area contributed by atoms with Gasteiger partial charge in [0.2, 0.25) is 0 Å². The summed E-state index contributed by atoms with van der Waals surface area (Å²) in [5.74, 6) is 0. The zero-order valence-electron chi connectivity index (χ0n) is 8.26. The van der Waals surface area contributed by atoms with E-state index in [0.717, 1.165) is 12.1 Å². The number of nitrogens with two attached hydrogens (primary N) is 1. The summed E-state index contributed by atoms with van der Waals surface area (Å²) in [6.45, 7) is 6.14. The average Bonchev–Trinajstić information content (AvgIpc) is 2.16. The molecule has 3 heteroatoms. The quantitative estimate of drug-likeness (QED) is 0.712. The third kappa shape index (κ3) is 1.67. The summed E-state index contributed by atoms with van der Waals surface area (Å²) in [5.41, 5.74) is 9.36. The Morgan fingerprint density at radius 2 is 2.08 bits per heavy atom. The van der Waals surface area contributed by atoms with Gasteiger partial charge in [-0.25, -0.2) is 0 Å². The van der Waals surface area contributed by atoms with E-state index in [1.54, 1.807) is 0 Å². The van der Waals surface area contributed by atoms with Gasteiger partial charge in [0.1, 0.15) is 0 Å². The van der Waals surface area contributed by atoms with Gasteiger partial charge in [0.05, 0.1) is 5.69 Å². The Labute approximate surface area is 73.6 Å². The van der Waals surface area contributed by atoms with Crippen molar-refractivity contribution in [1.82, 2.24) is 9.78 Å². The number of hydrogen-bond donors (Lipinski definition) is 1. The molecule has 0 radical (unpaired) electrons. The van der Waals surface area contributed by atoms with Crippen molar-refractivity contribution in [3.63, 3.8) is 0 Å². The zero-order valence-corrected chi connectivity index (χ0v) is 8.26. The van der Waals surface area contributed by atoms with Crippen molar-refractivity contribution in [2.24, 2.45) is 12.8 Å². The van der Waals surface area contributed by atoms with E-state index in [1.807, 2.05) is 25.6 Å². The Morgan fingerprint density at radius 3 is 2.42 bits per heavy atom. The first-order chi connectivity index (χ1) is 5.52. The van der Waals surface area contributed by atoms with Crippen molar-refractivity contribution >= 4 is 0 Å². The standard InChI is InChI=1S/C9H17N3/c1-6(10)5-9-7(2)8(3)11-12(9)4/h6H,5,10H2,1-4H3. The highest BCUT2D eigenvalue weighted by Crippen LogP contribution is 2.12. The lowest BCUT2D eigenvalue weighted by atomic mass is 10.1. The van der Waals surface area contributed by atoms with Gasteiger partial charge in [0, 0.05) is 25.2 Å². The van der Waals surface area contributed by atoms with Crippen molar-refractivity contribution in [3.8, 4) is 0 Å². The molecule has 1 unspecified atom stereocenters. The van der Waals surface area contributed by atoms with Gasteiger partial charge in [-0.1, -0.05) is 0 Å². The van der Waals surface area contributed by atoms with E-state index in [0.29, 0.717) is 0 Å². The van der Waals surface area contributed by atoms with Crippen LogP contribution in [0.3, 0.4) is 0 Å². The monoisotopic (exact) mass is 167 g/mol. The molecule has 1 aromatic rings. The molecule has 3 nitrogen and oxygen atoms in total. The first-order valence-electron chi connectivity index (χ1n) is 4.27. The maximum atomic E-state index is 5.73. The predicted octanol–water partition coefficient (Wildman–Crippen LogP) is 0.927. The molecule has 0 aromatic carbocycles. The molecule has 0 saturated heterocycles. The molecule has 12 heavy (non-hydrogen) atoms. The topological polar surface area (TPSA) is 43.8 Å². The minimum atomic E-state index is 0.207. The predicted molar refractivity (Wildman–Crippen MR) is 50.0 cm³/mol. The Hall–Kier alpha value is -0.830. The number of hydrogen-bond acceptors (Lipinski definition) is 2. The molecule has 1 heterocycles. The summed E-state index contributed by atoms with van der Waals surface area (Å²) >= 11 is 0. The fourth-order valence-electron chi connectivity index (χ4n) is 1.40. The minimum Gasteiger partial charge on any atom is -0.328 e. The van der Waals surface area contributed by atoms with Gasteiger partial charge in [0.25, 0.3) is 0 Å². The highest BCUT2D eigenvalue weighted by atomic mass is 15.3. The maximum Gasteiger partial charge on any atom is 0.0625 e. The minimum absolute atomic E-state index is 0.207. The molecular weight excluding hydrogens is 150 g/mol. The van der Waals surface area contributed by atoms with Crippen molar-refractivity contribution in [1.29, 1.82) is 0 Å². The Morgan fingerprint density at radius 1 is 1.50 bits per heavy atom. The highest BCUT2D eigenvalue weighted by Gasteiger charge is 2.09. The van der Waals surface area contributed by atoms with Crippen LogP contribution >= 0.6 is 0 Å². The van der Waals surface area contributed by atoms with E-state index in [2.05, 4.69) is 12.0 Å². The zero-order chi connectivity index (χ0) is 9.30. The van der Waals surface area contributed by atoms with E-state index in [1.165, 1.54) is 11.3 Å². The largest absolute Gasteiger partial charge is 0.328 e. The summed E-state index contributed by atoms with van der Waals surface area (Å²) in [7, 11) is 1.97. The van der Waals surface area contributed by atoms with Gasteiger partial charge in [-0.3, -0.25) is 4.68 Å². The second-order valence-electron chi connectivity index (χ2n) is 3.46. The first-order valence-corrected chi connectivity index (χ1v) is 4.27. The van der Waals surface area contributed by atoms with E-state index in [4.69, 9.17) is 5.73 Å². The van der Waals surface area contributed by atoms with Crippen molar-refractivity contribution in [3.05, 3.63) is 17.0 Å². The van der Waals surface area contributed by atoms with Crippen LogP contribution in [0.1, 0.15) is 23.9 Å². The van der Waals surface area contributed by atoms with Crippen LogP contribution in [-0.2, 0) is 13.5 Å². The SMILES string of the molecule is Cc1nn(C)c(CC(C)N)c1C. The third-order valence-corrected chi connectivity index (χ3v) is 2.18. The smallest absolute Gasteiger partial charge is 0.0625 e. The summed E-state index contributed by atoms with van der Waals surface area (Å²) < 4.78 is 1.92.